The maximum Gasteiger partial charge on any atom is 0.322 e. The zero-order valence-electron chi connectivity index (χ0n) is 13.5. The van der Waals surface area contributed by atoms with Crippen LogP contribution in [0.2, 0.25) is 0 Å². The largest absolute Gasteiger partial charge is 0.450 e. The predicted molar refractivity (Wildman–Crippen MR) is 88.0 cm³/mol. The van der Waals surface area contributed by atoms with Gasteiger partial charge in [-0.3, -0.25) is 9.59 Å². The highest BCUT2D eigenvalue weighted by Crippen LogP contribution is 2.43. The second-order valence-corrected chi connectivity index (χ2v) is 7.16. The van der Waals surface area contributed by atoms with Crippen molar-refractivity contribution < 1.29 is 19.2 Å². The summed E-state index contributed by atoms with van der Waals surface area (Å²) in [4.78, 5) is 30.7. The van der Waals surface area contributed by atoms with Crippen LogP contribution in [0.4, 0.5) is 0 Å². The van der Waals surface area contributed by atoms with E-state index in [1.807, 2.05) is 26.0 Å². The first kappa shape index (κ1) is 16.6. The lowest BCUT2D eigenvalue weighted by molar-refractivity contribution is -0.184. The summed E-state index contributed by atoms with van der Waals surface area (Å²) in [5, 5.41) is 1.78. The smallest absolute Gasteiger partial charge is 0.322 e. The molecule has 2 saturated heterocycles. The van der Waals surface area contributed by atoms with Gasteiger partial charge in [0.15, 0.2) is 11.4 Å². The Balaban J connectivity index is 1.94. The number of piperidine rings is 1. The molecule has 2 heterocycles. The molecule has 23 heavy (non-hydrogen) atoms. The number of ether oxygens (including phenoxy) is 1. The summed E-state index contributed by atoms with van der Waals surface area (Å²) in [6, 6.07) is 3.92. The predicted octanol–water partition coefficient (Wildman–Crippen LogP) is 2.67. The van der Waals surface area contributed by atoms with Crippen molar-refractivity contribution in [3.63, 3.8) is 0 Å². The van der Waals surface area contributed by atoms with Gasteiger partial charge in [0.25, 0.3) is 0 Å². The van der Waals surface area contributed by atoms with Crippen molar-refractivity contribution in [2.24, 2.45) is 0 Å². The third-order valence-electron chi connectivity index (χ3n) is 4.80. The summed E-state index contributed by atoms with van der Waals surface area (Å²) in [6.45, 7) is 5.07. The average Bonchev–Trinajstić information content (AvgIpc) is 2.72. The highest BCUT2D eigenvalue weighted by Gasteiger charge is 2.57. The number of Topliss-reactive ketones (excluding diaryl/α,β-unsaturated/α-hetero) is 1. The molecule has 0 amide bonds. The fourth-order valence-corrected chi connectivity index (χ4v) is 4.49. The fourth-order valence-electron chi connectivity index (χ4n) is 3.59. The van der Waals surface area contributed by atoms with Crippen molar-refractivity contribution >= 4 is 27.7 Å². The Hall–Kier alpha value is -1.24. The second-order valence-electron chi connectivity index (χ2n) is 6.30. The van der Waals surface area contributed by atoms with Crippen LogP contribution in [0.25, 0.3) is 0 Å². The van der Waals surface area contributed by atoms with Crippen LogP contribution in [-0.4, -0.2) is 42.6 Å². The van der Waals surface area contributed by atoms with Gasteiger partial charge in [-0.2, -0.15) is 5.06 Å². The lowest BCUT2D eigenvalue weighted by atomic mass is 9.81. The van der Waals surface area contributed by atoms with Crippen LogP contribution in [0, 0.1) is 13.8 Å². The molecule has 1 aromatic rings. The summed E-state index contributed by atoms with van der Waals surface area (Å²) in [5.74, 6) is -1.39. The van der Waals surface area contributed by atoms with E-state index in [9.17, 15) is 9.59 Å². The molecule has 0 bridgehead atoms. The molecule has 0 aliphatic carbocycles. The molecule has 1 aromatic carbocycles. The Bertz CT molecular complexity index is 642. The van der Waals surface area contributed by atoms with Crippen molar-refractivity contribution in [3.05, 3.63) is 33.3 Å². The number of benzene rings is 1. The number of ketones is 1. The minimum absolute atomic E-state index is 0.120. The first-order chi connectivity index (χ1) is 10.9. The first-order valence-corrected chi connectivity index (χ1v) is 8.50. The van der Waals surface area contributed by atoms with Crippen LogP contribution < -0.4 is 0 Å². The van der Waals surface area contributed by atoms with Crippen LogP contribution in [-0.2, 0) is 19.2 Å². The van der Waals surface area contributed by atoms with Crippen LogP contribution in [0.1, 0.15) is 35.4 Å². The van der Waals surface area contributed by atoms with Crippen molar-refractivity contribution in [2.45, 2.75) is 38.2 Å². The van der Waals surface area contributed by atoms with Gasteiger partial charge >= 0.3 is 5.97 Å². The van der Waals surface area contributed by atoms with Gasteiger partial charge in [-0.25, -0.2) is 0 Å². The molecule has 0 N–H and O–H groups in total. The lowest BCUT2D eigenvalue weighted by Crippen LogP contribution is -2.48. The summed E-state index contributed by atoms with van der Waals surface area (Å²) in [6.07, 6.45) is 0.953. The maximum atomic E-state index is 13.1. The van der Waals surface area contributed by atoms with Gasteiger partial charge < -0.3 is 9.57 Å². The molecule has 6 heteroatoms. The number of aryl methyl sites for hydroxylation is 2. The van der Waals surface area contributed by atoms with Gasteiger partial charge in [-0.05, 0) is 36.6 Å². The summed E-state index contributed by atoms with van der Waals surface area (Å²) in [7, 11) is 1.61. The summed E-state index contributed by atoms with van der Waals surface area (Å²) < 4.78 is 6.40. The molecule has 2 fully saturated rings. The van der Waals surface area contributed by atoms with Gasteiger partial charge in [-0.15, -0.1) is 0 Å². The number of hydrogen-bond donors (Lipinski definition) is 0. The van der Waals surface area contributed by atoms with Crippen LogP contribution in [0.15, 0.2) is 16.6 Å². The zero-order valence-corrected chi connectivity index (χ0v) is 15.1. The molecule has 0 radical (unpaired) electrons. The van der Waals surface area contributed by atoms with E-state index in [1.54, 1.807) is 12.2 Å². The molecule has 2 aliphatic rings. The van der Waals surface area contributed by atoms with Gasteiger partial charge in [0, 0.05) is 30.4 Å². The van der Waals surface area contributed by atoms with E-state index in [-0.39, 0.29) is 5.78 Å². The number of halogens is 1. The number of esters is 1. The van der Waals surface area contributed by atoms with E-state index in [2.05, 4.69) is 15.9 Å². The molecule has 0 saturated carbocycles. The molecule has 1 unspecified atom stereocenters. The third-order valence-corrected chi connectivity index (χ3v) is 5.46. The monoisotopic (exact) mass is 381 g/mol. The molecule has 3 rings (SSSR count). The molecule has 1 atom stereocenters. The third kappa shape index (κ3) is 2.73. The number of rotatable bonds is 2. The van der Waals surface area contributed by atoms with E-state index < -0.39 is 17.5 Å². The van der Waals surface area contributed by atoms with Crippen LogP contribution in [0.3, 0.4) is 0 Å². The van der Waals surface area contributed by atoms with Gasteiger partial charge in [0.1, 0.15) is 5.92 Å². The Morgan fingerprint density at radius 1 is 1.26 bits per heavy atom. The van der Waals surface area contributed by atoms with Crippen molar-refractivity contribution in [1.82, 2.24) is 5.06 Å². The number of carbonyl (C=O) groups is 2. The fraction of sp³-hybridized carbons (Fsp3) is 0.529. The Morgan fingerprint density at radius 2 is 1.91 bits per heavy atom. The molecule has 1 spiro atoms. The normalized spacial score (nSPS) is 24.3. The molecule has 124 valence electrons. The highest BCUT2D eigenvalue weighted by molar-refractivity contribution is 9.10. The molecule has 0 aromatic heterocycles. The minimum Gasteiger partial charge on any atom is -0.450 e. The molecule has 2 aliphatic heterocycles. The average molecular weight is 382 g/mol. The van der Waals surface area contributed by atoms with E-state index in [4.69, 9.17) is 9.57 Å². The second kappa shape index (κ2) is 6.00. The van der Waals surface area contributed by atoms with Gasteiger partial charge in [-0.1, -0.05) is 22.0 Å². The van der Waals surface area contributed by atoms with Gasteiger partial charge in [0.05, 0.1) is 7.11 Å². The minimum atomic E-state index is -0.993. The summed E-state index contributed by atoms with van der Waals surface area (Å²) in [5.41, 5.74) is 1.75. The highest BCUT2D eigenvalue weighted by atomic mass is 79.9. The molecule has 5 nitrogen and oxygen atoms in total. The van der Waals surface area contributed by atoms with Crippen LogP contribution >= 0.6 is 15.9 Å². The first-order valence-electron chi connectivity index (χ1n) is 7.71. The lowest BCUT2D eigenvalue weighted by Gasteiger charge is -2.35. The van der Waals surface area contributed by atoms with Crippen molar-refractivity contribution in [3.8, 4) is 0 Å². The SMILES string of the molecule is CON1CCC2(CC1)OC(=O)C(c1c(C)cc(C)cc1Br)C2=O. The molecular formula is C17H20BrNO4. The zero-order chi connectivity index (χ0) is 16.8. The van der Waals surface area contributed by atoms with Crippen molar-refractivity contribution in [2.75, 3.05) is 20.2 Å². The maximum absolute atomic E-state index is 13.1. The standard InChI is InChI=1S/C17H20BrNO4/c1-10-8-11(2)13(12(18)9-10)14-15(20)17(23-16(14)21)4-6-19(22-3)7-5-17/h8-9,14H,4-7H2,1-3H3. The Morgan fingerprint density at radius 3 is 2.48 bits per heavy atom. The van der Waals surface area contributed by atoms with Gasteiger partial charge in [0.2, 0.25) is 0 Å². The van der Waals surface area contributed by atoms with Crippen molar-refractivity contribution in [1.29, 1.82) is 0 Å². The summed E-state index contributed by atoms with van der Waals surface area (Å²) >= 11 is 3.51. The quantitative estimate of drug-likeness (QED) is 0.582. The number of hydroxylamine groups is 2. The van der Waals surface area contributed by atoms with E-state index in [1.165, 1.54) is 0 Å². The molecular weight excluding hydrogens is 362 g/mol. The van der Waals surface area contributed by atoms with Crippen LogP contribution in [0.5, 0.6) is 0 Å². The Labute approximate surface area is 144 Å². The van der Waals surface area contributed by atoms with E-state index in [0.29, 0.717) is 25.9 Å². The van der Waals surface area contributed by atoms with E-state index >= 15 is 0 Å². The Kier molecular flexibility index (Phi) is 4.33. The number of nitrogens with zero attached hydrogens (tertiary/aromatic N) is 1. The number of hydrogen-bond acceptors (Lipinski definition) is 5. The number of carbonyl (C=O) groups excluding carboxylic acids is 2. The van der Waals surface area contributed by atoms with E-state index in [0.717, 1.165) is 21.2 Å². The topological polar surface area (TPSA) is 55.8 Å².